The van der Waals surface area contributed by atoms with Gasteiger partial charge < -0.3 is 15.2 Å². The maximum atomic E-state index is 11.7. The molecule has 0 unspecified atom stereocenters. The average Bonchev–Trinajstić information content (AvgIpc) is 2.28. The highest BCUT2D eigenvalue weighted by atomic mass is 16.5. The van der Waals surface area contributed by atoms with Gasteiger partial charge >= 0.3 is 5.97 Å². The highest BCUT2D eigenvalue weighted by molar-refractivity contribution is 5.97. The molecule has 6 heteroatoms. The molecule has 0 atom stereocenters. The lowest BCUT2D eigenvalue weighted by Crippen LogP contribution is -2.49. The van der Waals surface area contributed by atoms with Crippen LogP contribution in [0.1, 0.15) is 24.2 Å². The van der Waals surface area contributed by atoms with Gasteiger partial charge in [-0.1, -0.05) is 0 Å². The second-order valence-corrected chi connectivity index (χ2v) is 3.97. The van der Waals surface area contributed by atoms with Crippen LogP contribution in [-0.2, 0) is 4.79 Å². The molecule has 1 amide bonds. The van der Waals surface area contributed by atoms with Crippen molar-refractivity contribution in [1.82, 2.24) is 10.3 Å². The number of carboxylic acid groups (broad SMARTS) is 1. The molecule has 1 aromatic rings. The van der Waals surface area contributed by atoms with E-state index in [0.29, 0.717) is 5.88 Å². The summed E-state index contributed by atoms with van der Waals surface area (Å²) in [6.45, 7) is 2.81. The fourth-order valence-electron chi connectivity index (χ4n) is 1.04. The molecule has 0 saturated heterocycles. The van der Waals surface area contributed by atoms with E-state index < -0.39 is 17.4 Å². The smallest absolute Gasteiger partial charge is 0.328 e. The molecule has 0 aliphatic heterocycles. The quantitative estimate of drug-likeness (QED) is 0.805. The van der Waals surface area contributed by atoms with Gasteiger partial charge in [0.2, 0.25) is 5.88 Å². The lowest BCUT2D eigenvalue weighted by molar-refractivity contribution is -0.143. The number of ether oxygens (including phenoxy) is 1. The number of carboxylic acids is 1. The molecule has 1 rings (SSSR count). The van der Waals surface area contributed by atoms with Gasteiger partial charge in [0.1, 0.15) is 5.54 Å². The number of carbonyl (C=O) groups excluding carboxylic acids is 1. The van der Waals surface area contributed by atoms with Gasteiger partial charge in [0.25, 0.3) is 5.91 Å². The Balaban J connectivity index is 2.80. The Kier molecular flexibility index (Phi) is 3.67. The van der Waals surface area contributed by atoms with Crippen LogP contribution in [0.3, 0.4) is 0 Å². The van der Waals surface area contributed by atoms with Crippen LogP contribution < -0.4 is 10.1 Å². The van der Waals surface area contributed by atoms with Crippen molar-refractivity contribution < 1.29 is 19.4 Å². The molecule has 0 spiro atoms. The molecule has 0 bridgehead atoms. The second kappa shape index (κ2) is 4.82. The largest absolute Gasteiger partial charge is 0.481 e. The number of nitrogens with zero attached hydrogens (tertiary/aromatic N) is 1. The lowest BCUT2D eigenvalue weighted by Gasteiger charge is -2.20. The molecule has 1 aromatic heterocycles. The molecule has 6 nitrogen and oxygen atoms in total. The molecule has 2 N–H and O–H groups in total. The van der Waals surface area contributed by atoms with Crippen LogP contribution in [0.25, 0.3) is 0 Å². The van der Waals surface area contributed by atoms with Crippen molar-refractivity contribution in [3.63, 3.8) is 0 Å². The first kappa shape index (κ1) is 13.0. The second-order valence-electron chi connectivity index (χ2n) is 3.97. The number of carbonyl (C=O) groups is 2. The Morgan fingerprint density at radius 2 is 2.06 bits per heavy atom. The normalized spacial score (nSPS) is 10.8. The summed E-state index contributed by atoms with van der Waals surface area (Å²) < 4.78 is 4.85. The van der Waals surface area contributed by atoms with Gasteiger partial charge in [-0.2, -0.15) is 0 Å². The van der Waals surface area contributed by atoms with Crippen molar-refractivity contribution in [2.45, 2.75) is 19.4 Å². The van der Waals surface area contributed by atoms with Crippen molar-refractivity contribution in [3.05, 3.63) is 23.9 Å². The van der Waals surface area contributed by atoms with Gasteiger partial charge in [-0.3, -0.25) is 4.79 Å². The first-order valence-corrected chi connectivity index (χ1v) is 4.93. The van der Waals surface area contributed by atoms with Crippen molar-refractivity contribution in [3.8, 4) is 5.88 Å². The number of hydrogen-bond donors (Lipinski definition) is 2. The molecule has 0 aliphatic carbocycles. The number of aliphatic carboxylic acids is 1. The van der Waals surface area contributed by atoms with E-state index in [-0.39, 0.29) is 5.56 Å². The highest BCUT2D eigenvalue weighted by Gasteiger charge is 2.29. The molecule has 0 radical (unpaired) electrons. The first-order chi connectivity index (χ1) is 7.86. The average molecular weight is 238 g/mol. The van der Waals surface area contributed by atoms with Gasteiger partial charge in [-0.05, 0) is 19.9 Å². The number of aromatic nitrogens is 1. The van der Waals surface area contributed by atoms with Gasteiger partial charge in [-0.25, -0.2) is 9.78 Å². The molecule has 0 fully saturated rings. The zero-order valence-corrected chi connectivity index (χ0v) is 9.85. The van der Waals surface area contributed by atoms with E-state index in [2.05, 4.69) is 10.3 Å². The number of hydrogen-bond acceptors (Lipinski definition) is 4. The molecular formula is C11H14N2O4. The van der Waals surface area contributed by atoms with E-state index in [9.17, 15) is 9.59 Å². The SMILES string of the molecule is COc1ccc(C(=O)NC(C)(C)C(=O)O)cn1. The standard InChI is InChI=1S/C11H14N2O4/c1-11(2,10(15)16)13-9(14)7-4-5-8(17-3)12-6-7/h4-6H,1-3H3,(H,13,14)(H,15,16). The predicted octanol–water partition coefficient (Wildman–Crippen LogP) is 0.683. The summed E-state index contributed by atoms with van der Waals surface area (Å²) in [5.41, 5.74) is -1.04. The Hall–Kier alpha value is -2.11. The van der Waals surface area contributed by atoms with E-state index in [1.54, 1.807) is 0 Å². The van der Waals surface area contributed by atoms with Gasteiger partial charge in [0.05, 0.1) is 12.7 Å². The summed E-state index contributed by atoms with van der Waals surface area (Å²) in [5.74, 6) is -1.21. The van der Waals surface area contributed by atoms with E-state index >= 15 is 0 Å². The number of amides is 1. The Labute approximate surface area is 98.6 Å². The van der Waals surface area contributed by atoms with Gasteiger partial charge in [0.15, 0.2) is 0 Å². The third-order valence-electron chi connectivity index (χ3n) is 2.17. The van der Waals surface area contributed by atoms with Crippen LogP contribution >= 0.6 is 0 Å². The zero-order valence-electron chi connectivity index (χ0n) is 9.85. The highest BCUT2D eigenvalue weighted by Crippen LogP contribution is 2.09. The monoisotopic (exact) mass is 238 g/mol. The topological polar surface area (TPSA) is 88.5 Å². The van der Waals surface area contributed by atoms with Crippen molar-refractivity contribution in [2.75, 3.05) is 7.11 Å². The summed E-state index contributed by atoms with van der Waals surface area (Å²) in [4.78, 5) is 26.4. The van der Waals surface area contributed by atoms with Crippen LogP contribution in [0.15, 0.2) is 18.3 Å². The number of methoxy groups -OCH3 is 1. The minimum Gasteiger partial charge on any atom is -0.481 e. The van der Waals surface area contributed by atoms with Crippen LogP contribution in [0, 0.1) is 0 Å². The van der Waals surface area contributed by atoms with Crippen LogP contribution in [0.2, 0.25) is 0 Å². The minimum atomic E-state index is -1.32. The number of rotatable bonds is 4. The lowest BCUT2D eigenvalue weighted by atomic mass is 10.1. The van der Waals surface area contributed by atoms with Crippen LogP contribution in [0.4, 0.5) is 0 Å². The first-order valence-electron chi connectivity index (χ1n) is 4.93. The van der Waals surface area contributed by atoms with E-state index in [4.69, 9.17) is 9.84 Å². The number of nitrogens with one attached hydrogen (secondary N) is 1. The van der Waals surface area contributed by atoms with E-state index in [1.165, 1.54) is 39.3 Å². The molecule has 0 aromatic carbocycles. The third kappa shape index (κ3) is 3.17. The predicted molar refractivity (Wildman–Crippen MR) is 60.0 cm³/mol. The summed E-state index contributed by atoms with van der Waals surface area (Å²) in [5, 5.41) is 11.3. The molecule has 0 saturated carbocycles. The maximum absolute atomic E-state index is 11.7. The van der Waals surface area contributed by atoms with Gasteiger partial charge in [0, 0.05) is 12.3 Å². The summed E-state index contributed by atoms with van der Waals surface area (Å²) >= 11 is 0. The van der Waals surface area contributed by atoms with Crippen molar-refractivity contribution in [2.24, 2.45) is 0 Å². The molecule has 0 aliphatic rings. The zero-order chi connectivity index (χ0) is 13.1. The molecule has 1 heterocycles. The molecular weight excluding hydrogens is 224 g/mol. The van der Waals surface area contributed by atoms with Crippen LogP contribution in [-0.4, -0.2) is 34.6 Å². The summed E-state index contributed by atoms with van der Waals surface area (Å²) in [6, 6.07) is 3.04. The summed E-state index contributed by atoms with van der Waals surface area (Å²) in [6.07, 6.45) is 1.33. The van der Waals surface area contributed by atoms with Crippen LogP contribution in [0.5, 0.6) is 5.88 Å². The number of pyridine rings is 1. The fraction of sp³-hybridized carbons (Fsp3) is 0.364. The van der Waals surface area contributed by atoms with Crippen molar-refractivity contribution >= 4 is 11.9 Å². The van der Waals surface area contributed by atoms with Crippen molar-refractivity contribution in [1.29, 1.82) is 0 Å². The Morgan fingerprint density at radius 1 is 1.41 bits per heavy atom. The molecule has 92 valence electrons. The summed E-state index contributed by atoms with van der Waals surface area (Å²) in [7, 11) is 1.47. The third-order valence-corrected chi connectivity index (χ3v) is 2.17. The Morgan fingerprint density at radius 3 is 2.47 bits per heavy atom. The maximum Gasteiger partial charge on any atom is 0.328 e. The fourth-order valence-corrected chi connectivity index (χ4v) is 1.04. The van der Waals surface area contributed by atoms with Gasteiger partial charge in [-0.15, -0.1) is 0 Å². The Bertz CT molecular complexity index is 426. The van der Waals surface area contributed by atoms with E-state index in [0.717, 1.165) is 0 Å². The minimum absolute atomic E-state index is 0.278. The molecule has 17 heavy (non-hydrogen) atoms. The van der Waals surface area contributed by atoms with E-state index in [1.807, 2.05) is 0 Å².